The average molecular weight is 422 g/mol. The minimum atomic E-state index is -0.978. The molecule has 0 fully saturated rings. The van der Waals surface area contributed by atoms with E-state index in [4.69, 9.17) is 4.74 Å². The molecule has 0 aliphatic carbocycles. The summed E-state index contributed by atoms with van der Waals surface area (Å²) in [6.45, 7) is 12.4. The van der Waals surface area contributed by atoms with E-state index < -0.39 is 29.7 Å². The van der Waals surface area contributed by atoms with Gasteiger partial charge in [-0.3, -0.25) is 9.59 Å². The summed E-state index contributed by atoms with van der Waals surface area (Å²) in [5, 5.41) is 15.3. The molecule has 0 aliphatic rings. The van der Waals surface area contributed by atoms with Crippen molar-refractivity contribution in [3.05, 3.63) is 29.8 Å². The van der Waals surface area contributed by atoms with E-state index in [1.807, 2.05) is 13.8 Å². The molecule has 8 heteroatoms. The van der Waals surface area contributed by atoms with Crippen molar-refractivity contribution >= 4 is 17.9 Å². The van der Waals surface area contributed by atoms with Crippen LogP contribution in [-0.4, -0.2) is 52.6 Å². The molecule has 0 spiro atoms. The summed E-state index contributed by atoms with van der Waals surface area (Å²) in [6.07, 6.45) is -0.705. The molecule has 168 valence electrons. The Morgan fingerprint density at radius 1 is 1.07 bits per heavy atom. The van der Waals surface area contributed by atoms with Gasteiger partial charge in [0.1, 0.15) is 23.4 Å². The minimum absolute atomic E-state index is 0.0111. The molecule has 0 aromatic heterocycles. The fourth-order valence-electron chi connectivity index (χ4n) is 2.90. The molecule has 3 N–H and O–H groups in total. The van der Waals surface area contributed by atoms with Crippen molar-refractivity contribution in [3.63, 3.8) is 0 Å². The van der Waals surface area contributed by atoms with E-state index in [0.717, 1.165) is 0 Å². The van der Waals surface area contributed by atoms with Gasteiger partial charge in [-0.05, 0) is 58.2 Å². The summed E-state index contributed by atoms with van der Waals surface area (Å²) < 4.78 is 5.28. The van der Waals surface area contributed by atoms with Gasteiger partial charge in [0, 0.05) is 13.1 Å². The van der Waals surface area contributed by atoms with Crippen molar-refractivity contribution in [2.75, 3.05) is 7.05 Å². The molecular weight excluding hydrogens is 386 g/mol. The fourth-order valence-corrected chi connectivity index (χ4v) is 2.90. The number of rotatable bonds is 7. The number of aromatic hydroxyl groups is 1. The predicted octanol–water partition coefficient (Wildman–Crippen LogP) is 2.97. The highest BCUT2D eigenvalue weighted by Gasteiger charge is 2.35. The van der Waals surface area contributed by atoms with Crippen LogP contribution in [0.4, 0.5) is 4.79 Å². The number of nitrogens with zero attached hydrogens (tertiary/aromatic N) is 1. The van der Waals surface area contributed by atoms with Crippen LogP contribution in [0, 0.1) is 5.92 Å². The zero-order chi connectivity index (χ0) is 23.2. The Bertz CT molecular complexity index is 755. The van der Waals surface area contributed by atoms with Crippen LogP contribution in [0.5, 0.6) is 5.75 Å². The Kier molecular flexibility index (Phi) is 8.69. The Morgan fingerprint density at radius 2 is 1.67 bits per heavy atom. The Labute approximate surface area is 179 Å². The van der Waals surface area contributed by atoms with Crippen molar-refractivity contribution in [2.45, 2.75) is 72.2 Å². The lowest BCUT2D eigenvalue weighted by atomic mass is 9.99. The predicted molar refractivity (Wildman–Crippen MR) is 115 cm³/mol. The highest BCUT2D eigenvalue weighted by atomic mass is 16.6. The number of carbonyl (C=O) groups is 3. The summed E-state index contributed by atoms with van der Waals surface area (Å²) in [7, 11) is 1.50. The molecule has 0 radical (unpaired) electrons. The molecule has 30 heavy (non-hydrogen) atoms. The molecule has 2 unspecified atom stereocenters. The van der Waals surface area contributed by atoms with Gasteiger partial charge >= 0.3 is 6.09 Å². The number of alkyl carbamates (subject to hydrolysis) is 1. The Balaban J connectivity index is 3.21. The number of hydrogen-bond donors (Lipinski definition) is 3. The number of hydrogen-bond acceptors (Lipinski definition) is 5. The minimum Gasteiger partial charge on any atom is -0.508 e. The normalized spacial score (nSPS) is 13.5. The highest BCUT2D eigenvalue weighted by molar-refractivity contribution is 5.92. The smallest absolute Gasteiger partial charge is 0.408 e. The van der Waals surface area contributed by atoms with Gasteiger partial charge < -0.3 is 25.4 Å². The fraction of sp³-hybridized carbons (Fsp3) is 0.591. The molecule has 1 aromatic carbocycles. The molecule has 0 saturated carbocycles. The first-order valence-corrected chi connectivity index (χ1v) is 10.1. The van der Waals surface area contributed by atoms with Crippen LogP contribution < -0.4 is 10.6 Å². The maximum absolute atomic E-state index is 13.3. The third kappa shape index (κ3) is 7.57. The molecule has 0 aliphatic heterocycles. The second-order valence-corrected chi connectivity index (χ2v) is 8.98. The lowest BCUT2D eigenvalue weighted by Crippen LogP contribution is -2.54. The maximum Gasteiger partial charge on any atom is 0.408 e. The topological polar surface area (TPSA) is 108 Å². The van der Waals surface area contributed by atoms with E-state index in [9.17, 15) is 19.5 Å². The number of amides is 3. The van der Waals surface area contributed by atoms with E-state index in [2.05, 4.69) is 10.6 Å². The van der Waals surface area contributed by atoms with E-state index in [1.54, 1.807) is 46.8 Å². The van der Waals surface area contributed by atoms with Crippen LogP contribution in [0.2, 0.25) is 0 Å². The van der Waals surface area contributed by atoms with Gasteiger partial charge in [0.15, 0.2) is 0 Å². The zero-order valence-electron chi connectivity index (χ0n) is 19.1. The van der Waals surface area contributed by atoms with Crippen LogP contribution >= 0.6 is 0 Å². The summed E-state index contributed by atoms with van der Waals surface area (Å²) in [6, 6.07) is 4.20. The lowest BCUT2D eigenvalue weighted by molar-refractivity contribution is -0.141. The number of likely N-dealkylation sites (N-methyl/N-ethyl adjacent to an activating group) is 1. The quantitative estimate of drug-likeness (QED) is 0.627. The van der Waals surface area contributed by atoms with Gasteiger partial charge in [0.2, 0.25) is 11.8 Å². The van der Waals surface area contributed by atoms with Crippen molar-refractivity contribution < 1.29 is 24.2 Å². The van der Waals surface area contributed by atoms with Gasteiger partial charge in [0.25, 0.3) is 0 Å². The van der Waals surface area contributed by atoms with Gasteiger partial charge in [-0.25, -0.2) is 4.79 Å². The number of phenols is 1. The SMILES string of the molecule is CC(C)NC(=O)C(c1cccc(O)c1)N(C)C(=O)C(NC(=O)OC(C)(C)C)C(C)C. The van der Waals surface area contributed by atoms with Crippen LogP contribution in [0.25, 0.3) is 0 Å². The van der Waals surface area contributed by atoms with Gasteiger partial charge in [-0.1, -0.05) is 26.0 Å². The number of benzene rings is 1. The molecule has 0 heterocycles. The second kappa shape index (κ2) is 10.3. The van der Waals surface area contributed by atoms with Crippen LogP contribution in [0.1, 0.15) is 60.1 Å². The summed E-state index contributed by atoms with van der Waals surface area (Å²) in [5.41, 5.74) is -0.245. The van der Waals surface area contributed by atoms with Crippen LogP contribution in [0.3, 0.4) is 0 Å². The van der Waals surface area contributed by atoms with Gasteiger partial charge in [-0.15, -0.1) is 0 Å². The lowest BCUT2D eigenvalue weighted by Gasteiger charge is -2.33. The third-order valence-corrected chi connectivity index (χ3v) is 4.21. The van der Waals surface area contributed by atoms with Crippen molar-refractivity contribution in [3.8, 4) is 5.75 Å². The zero-order valence-corrected chi connectivity index (χ0v) is 19.1. The monoisotopic (exact) mass is 421 g/mol. The van der Waals surface area contributed by atoms with Crippen molar-refractivity contribution in [2.24, 2.45) is 5.92 Å². The summed E-state index contributed by atoms with van der Waals surface area (Å²) >= 11 is 0. The number of carbonyl (C=O) groups excluding carboxylic acids is 3. The molecule has 0 saturated heterocycles. The van der Waals surface area contributed by atoms with E-state index in [0.29, 0.717) is 5.56 Å². The number of nitrogens with one attached hydrogen (secondary N) is 2. The van der Waals surface area contributed by atoms with Crippen molar-refractivity contribution in [1.29, 1.82) is 0 Å². The summed E-state index contributed by atoms with van der Waals surface area (Å²) in [5.74, 6) is -1.08. The Morgan fingerprint density at radius 3 is 2.13 bits per heavy atom. The van der Waals surface area contributed by atoms with Gasteiger partial charge in [-0.2, -0.15) is 0 Å². The third-order valence-electron chi connectivity index (χ3n) is 4.21. The molecule has 1 aromatic rings. The molecule has 3 amide bonds. The summed E-state index contributed by atoms with van der Waals surface area (Å²) in [4.78, 5) is 39.7. The van der Waals surface area contributed by atoms with E-state index in [-0.39, 0.29) is 23.6 Å². The van der Waals surface area contributed by atoms with Gasteiger partial charge in [0.05, 0.1) is 0 Å². The maximum atomic E-state index is 13.3. The second-order valence-electron chi connectivity index (χ2n) is 8.98. The average Bonchev–Trinajstić information content (AvgIpc) is 2.56. The first-order valence-electron chi connectivity index (χ1n) is 10.1. The highest BCUT2D eigenvalue weighted by Crippen LogP contribution is 2.25. The van der Waals surface area contributed by atoms with Crippen molar-refractivity contribution in [1.82, 2.24) is 15.5 Å². The van der Waals surface area contributed by atoms with Crippen LogP contribution in [0.15, 0.2) is 24.3 Å². The molecular formula is C22H35N3O5. The molecule has 1 rings (SSSR count). The number of ether oxygens (including phenoxy) is 1. The molecule has 0 bridgehead atoms. The van der Waals surface area contributed by atoms with E-state index in [1.165, 1.54) is 24.1 Å². The molecule has 2 atom stereocenters. The van der Waals surface area contributed by atoms with E-state index >= 15 is 0 Å². The first-order chi connectivity index (χ1) is 13.7. The largest absolute Gasteiger partial charge is 0.508 e. The number of phenolic OH excluding ortho intramolecular Hbond substituents is 1. The standard InChI is InChI=1S/C22H35N3O5/c1-13(2)17(24-21(29)30-22(5,6)7)20(28)25(8)18(19(27)23-14(3)4)15-10-9-11-16(26)12-15/h9-14,17-18,26H,1-8H3,(H,23,27)(H,24,29). The molecule has 8 nitrogen and oxygen atoms in total. The van der Waals surface area contributed by atoms with Crippen LogP contribution in [-0.2, 0) is 14.3 Å². The first kappa shape index (κ1) is 25.3. The Hall–Kier alpha value is -2.77.